The number of hydrogen-bond donors (Lipinski definition) is 1. The summed E-state index contributed by atoms with van der Waals surface area (Å²) >= 11 is 3.18. The quantitative estimate of drug-likeness (QED) is 0.855. The third-order valence-corrected chi connectivity index (χ3v) is 2.90. The van der Waals surface area contributed by atoms with Gasteiger partial charge in [-0.05, 0) is 24.6 Å². The number of nitrogens with zero attached hydrogens (tertiary/aromatic N) is 3. The van der Waals surface area contributed by atoms with E-state index in [2.05, 4.69) is 36.2 Å². The van der Waals surface area contributed by atoms with E-state index in [0.29, 0.717) is 17.0 Å². The van der Waals surface area contributed by atoms with Crippen molar-refractivity contribution in [3.8, 4) is 17.8 Å². The minimum atomic E-state index is -0.521. The first kappa shape index (κ1) is 15.4. The Labute approximate surface area is 129 Å². The smallest absolute Gasteiger partial charge is 0.330 e. The zero-order chi connectivity index (χ0) is 15.2. The number of halogens is 2. The third kappa shape index (κ3) is 4.25. The second-order valence-corrected chi connectivity index (χ2v) is 4.95. The fraction of sp³-hybridized carbons (Fsp3) is 0.308. The van der Waals surface area contributed by atoms with Gasteiger partial charge in [0.05, 0.1) is 7.11 Å². The van der Waals surface area contributed by atoms with Crippen LogP contribution in [0.25, 0.3) is 0 Å². The maximum absolute atomic E-state index is 13.7. The zero-order valence-electron chi connectivity index (χ0n) is 11.6. The van der Waals surface area contributed by atoms with E-state index in [4.69, 9.17) is 9.47 Å². The molecule has 2 rings (SSSR count). The molecule has 0 atom stereocenters. The summed E-state index contributed by atoms with van der Waals surface area (Å²) in [5, 5.41) is 3.00. The molecular weight excluding hydrogens is 343 g/mol. The highest BCUT2D eigenvalue weighted by Crippen LogP contribution is 2.26. The first-order chi connectivity index (χ1) is 10.1. The molecule has 1 aromatic heterocycles. The lowest BCUT2D eigenvalue weighted by Gasteiger charge is -2.08. The monoisotopic (exact) mass is 356 g/mol. The van der Waals surface area contributed by atoms with E-state index in [9.17, 15) is 4.39 Å². The van der Waals surface area contributed by atoms with Crippen LogP contribution >= 0.6 is 15.9 Å². The number of aromatic nitrogens is 3. The summed E-state index contributed by atoms with van der Waals surface area (Å²) in [5.41, 5.74) is 0. The Hall–Kier alpha value is -1.96. The van der Waals surface area contributed by atoms with Crippen LogP contribution in [0.5, 0.6) is 17.8 Å². The van der Waals surface area contributed by atoms with Gasteiger partial charge in [0.1, 0.15) is 0 Å². The largest absolute Gasteiger partial charge is 0.467 e. The van der Waals surface area contributed by atoms with Gasteiger partial charge in [0, 0.05) is 11.0 Å². The average Bonchev–Trinajstić information content (AvgIpc) is 2.48. The van der Waals surface area contributed by atoms with Crippen molar-refractivity contribution in [2.24, 2.45) is 0 Å². The van der Waals surface area contributed by atoms with Crippen molar-refractivity contribution in [2.75, 3.05) is 19.0 Å². The molecule has 1 N–H and O–H groups in total. The molecule has 0 fully saturated rings. The molecule has 0 saturated heterocycles. The molecule has 0 aliphatic carbocycles. The van der Waals surface area contributed by atoms with Gasteiger partial charge in [-0.2, -0.15) is 9.97 Å². The van der Waals surface area contributed by atoms with Gasteiger partial charge in [-0.25, -0.2) is 4.39 Å². The van der Waals surface area contributed by atoms with Crippen molar-refractivity contribution in [2.45, 2.75) is 13.3 Å². The normalized spacial score (nSPS) is 10.3. The molecule has 112 valence electrons. The number of hydrogen-bond acceptors (Lipinski definition) is 6. The lowest BCUT2D eigenvalue weighted by atomic mass is 10.3. The van der Waals surface area contributed by atoms with Crippen molar-refractivity contribution < 1.29 is 13.9 Å². The van der Waals surface area contributed by atoms with Crippen LogP contribution in [0.2, 0.25) is 0 Å². The highest BCUT2D eigenvalue weighted by Gasteiger charge is 2.11. The van der Waals surface area contributed by atoms with Gasteiger partial charge in [0.25, 0.3) is 0 Å². The summed E-state index contributed by atoms with van der Waals surface area (Å²) in [6, 6.07) is 4.49. The van der Waals surface area contributed by atoms with Gasteiger partial charge in [0.15, 0.2) is 11.6 Å². The lowest BCUT2D eigenvalue weighted by Crippen LogP contribution is -2.07. The van der Waals surface area contributed by atoms with Crippen LogP contribution in [0.1, 0.15) is 13.3 Å². The van der Waals surface area contributed by atoms with Gasteiger partial charge in [0.2, 0.25) is 5.95 Å². The molecule has 0 amide bonds. The zero-order valence-corrected chi connectivity index (χ0v) is 13.1. The number of ether oxygens (including phenoxy) is 2. The van der Waals surface area contributed by atoms with E-state index in [-0.39, 0.29) is 17.8 Å². The highest BCUT2D eigenvalue weighted by atomic mass is 79.9. The molecule has 0 bridgehead atoms. The van der Waals surface area contributed by atoms with Crippen LogP contribution in [0.4, 0.5) is 10.3 Å². The summed E-state index contributed by atoms with van der Waals surface area (Å²) in [6.45, 7) is 2.71. The van der Waals surface area contributed by atoms with Gasteiger partial charge >= 0.3 is 12.0 Å². The van der Waals surface area contributed by atoms with E-state index < -0.39 is 5.82 Å². The van der Waals surface area contributed by atoms with Gasteiger partial charge < -0.3 is 14.8 Å². The Morgan fingerprint density at radius 2 is 2.00 bits per heavy atom. The summed E-state index contributed by atoms with van der Waals surface area (Å²) < 4.78 is 24.7. The van der Waals surface area contributed by atoms with Crippen LogP contribution < -0.4 is 14.8 Å². The molecule has 0 saturated carbocycles. The predicted molar refractivity (Wildman–Crippen MR) is 79.3 cm³/mol. The molecule has 0 aliphatic rings. The summed E-state index contributed by atoms with van der Waals surface area (Å²) in [4.78, 5) is 12.0. The summed E-state index contributed by atoms with van der Waals surface area (Å²) in [7, 11) is 1.43. The number of rotatable bonds is 6. The van der Waals surface area contributed by atoms with Crippen molar-refractivity contribution in [1.82, 2.24) is 15.0 Å². The van der Waals surface area contributed by atoms with Gasteiger partial charge in [-0.15, -0.1) is 4.98 Å². The SMILES string of the molecule is CCCNc1nc(OC)nc(Oc2ccc(Br)cc2F)n1. The van der Waals surface area contributed by atoms with Crippen molar-refractivity contribution in [3.05, 3.63) is 28.5 Å². The number of methoxy groups -OCH3 is 1. The Morgan fingerprint density at radius 1 is 1.24 bits per heavy atom. The van der Waals surface area contributed by atoms with Crippen LogP contribution in [-0.2, 0) is 0 Å². The Bertz CT molecular complexity index is 627. The molecule has 0 unspecified atom stereocenters. The maximum Gasteiger partial charge on any atom is 0.330 e. The number of benzene rings is 1. The fourth-order valence-corrected chi connectivity index (χ4v) is 1.78. The Balaban J connectivity index is 2.25. The molecule has 6 nitrogen and oxygen atoms in total. The first-order valence-electron chi connectivity index (χ1n) is 6.29. The van der Waals surface area contributed by atoms with Gasteiger partial charge in [-0.3, -0.25) is 0 Å². The van der Waals surface area contributed by atoms with Crippen LogP contribution in [-0.4, -0.2) is 28.6 Å². The molecule has 1 heterocycles. The maximum atomic E-state index is 13.7. The second-order valence-electron chi connectivity index (χ2n) is 4.03. The first-order valence-corrected chi connectivity index (χ1v) is 7.08. The molecule has 0 radical (unpaired) electrons. The minimum Gasteiger partial charge on any atom is -0.467 e. The van der Waals surface area contributed by atoms with Crippen molar-refractivity contribution >= 4 is 21.9 Å². The Kier molecular flexibility index (Phi) is 5.26. The predicted octanol–water partition coefficient (Wildman–Crippen LogP) is 3.40. The molecule has 0 aliphatic heterocycles. The Morgan fingerprint density at radius 3 is 2.67 bits per heavy atom. The van der Waals surface area contributed by atoms with E-state index in [1.807, 2.05) is 6.92 Å². The highest BCUT2D eigenvalue weighted by molar-refractivity contribution is 9.10. The molecule has 0 spiro atoms. The minimum absolute atomic E-state index is 0.0212. The van der Waals surface area contributed by atoms with Gasteiger partial charge in [-0.1, -0.05) is 22.9 Å². The summed E-state index contributed by atoms with van der Waals surface area (Å²) in [5.74, 6) is -0.184. The third-order valence-electron chi connectivity index (χ3n) is 2.41. The van der Waals surface area contributed by atoms with E-state index in [1.165, 1.54) is 19.2 Å². The van der Waals surface area contributed by atoms with Crippen LogP contribution in [0, 0.1) is 5.82 Å². The number of anilines is 1. The van der Waals surface area contributed by atoms with E-state index >= 15 is 0 Å². The van der Waals surface area contributed by atoms with Crippen molar-refractivity contribution in [1.29, 1.82) is 0 Å². The second kappa shape index (κ2) is 7.16. The molecule has 8 heteroatoms. The molecule has 2 aromatic rings. The fourth-order valence-electron chi connectivity index (χ4n) is 1.45. The topological polar surface area (TPSA) is 69.2 Å². The van der Waals surface area contributed by atoms with Crippen LogP contribution in [0.3, 0.4) is 0 Å². The van der Waals surface area contributed by atoms with E-state index in [1.54, 1.807) is 6.07 Å². The molecule has 1 aromatic carbocycles. The average molecular weight is 357 g/mol. The van der Waals surface area contributed by atoms with Crippen molar-refractivity contribution in [3.63, 3.8) is 0 Å². The molecular formula is C13H14BrFN4O2. The summed E-state index contributed by atoms with van der Waals surface area (Å²) in [6.07, 6.45) is 0.908. The van der Waals surface area contributed by atoms with E-state index in [0.717, 1.165) is 6.42 Å². The van der Waals surface area contributed by atoms with Crippen LogP contribution in [0.15, 0.2) is 22.7 Å². The molecule has 21 heavy (non-hydrogen) atoms. The lowest BCUT2D eigenvalue weighted by molar-refractivity contribution is 0.355. The standard InChI is InChI=1S/C13H14BrFN4O2/c1-3-6-16-11-17-12(20-2)19-13(18-11)21-10-5-4-8(14)7-9(10)15/h4-5,7H,3,6H2,1-2H3,(H,16,17,18,19). The number of nitrogens with one attached hydrogen (secondary N) is 1.